The van der Waals surface area contributed by atoms with E-state index in [0.29, 0.717) is 5.92 Å². The Morgan fingerprint density at radius 2 is 2.29 bits per heavy atom. The van der Waals surface area contributed by atoms with E-state index in [0.717, 1.165) is 19.5 Å². The second kappa shape index (κ2) is 6.38. The Kier molecular flexibility index (Phi) is 5.45. The summed E-state index contributed by atoms with van der Waals surface area (Å²) in [5.41, 5.74) is 0. The normalized spacial score (nSPS) is 29.4. The summed E-state index contributed by atoms with van der Waals surface area (Å²) in [5.74, 6) is 0.345. The van der Waals surface area contributed by atoms with Gasteiger partial charge in [0.1, 0.15) is 0 Å². The van der Waals surface area contributed by atoms with Gasteiger partial charge in [0.2, 0.25) is 0 Å². The van der Waals surface area contributed by atoms with Crippen LogP contribution < -0.4 is 0 Å². The van der Waals surface area contributed by atoms with Gasteiger partial charge in [-0.05, 0) is 25.9 Å². The van der Waals surface area contributed by atoms with E-state index >= 15 is 0 Å². The van der Waals surface area contributed by atoms with Crippen molar-refractivity contribution in [1.82, 2.24) is 4.90 Å². The van der Waals surface area contributed by atoms with E-state index in [4.69, 9.17) is 9.84 Å². The summed E-state index contributed by atoms with van der Waals surface area (Å²) in [7, 11) is 1.75. The molecule has 14 heavy (non-hydrogen) atoms. The molecule has 0 spiro atoms. The van der Waals surface area contributed by atoms with E-state index in [2.05, 4.69) is 11.8 Å². The molecule has 1 heterocycles. The molecule has 1 N–H and O–H groups in total. The molecule has 0 amide bonds. The largest absolute Gasteiger partial charge is 0.396 e. The molecule has 0 radical (unpaired) electrons. The molecule has 1 aliphatic heterocycles. The van der Waals surface area contributed by atoms with Gasteiger partial charge in [-0.15, -0.1) is 0 Å². The van der Waals surface area contributed by atoms with Crippen LogP contribution in [0.2, 0.25) is 0 Å². The van der Waals surface area contributed by atoms with Crippen LogP contribution in [0.4, 0.5) is 0 Å². The average molecular weight is 201 g/mol. The first kappa shape index (κ1) is 12.0. The van der Waals surface area contributed by atoms with Crippen molar-refractivity contribution in [2.24, 2.45) is 5.92 Å². The van der Waals surface area contributed by atoms with Gasteiger partial charge in [-0.25, -0.2) is 0 Å². The Labute approximate surface area is 87.1 Å². The van der Waals surface area contributed by atoms with Crippen LogP contribution in [0.25, 0.3) is 0 Å². The minimum atomic E-state index is 0.227. The molecule has 0 saturated carbocycles. The number of aliphatic hydroxyl groups is 1. The van der Waals surface area contributed by atoms with Gasteiger partial charge in [0, 0.05) is 26.2 Å². The Hall–Kier alpha value is -0.120. The minimum absolute atomic E-state index is 0.227. The maximum Gasteiger partial charge on any atom is 0.0748 e. The number of methoxy groups -OCH3 is 1. The summed E-state index contributed by atoms with van der Waals surface area (Å²) in [4.78, 5) is 2.45. The number of nitrogens with zero attached hydrogens (tertiary/aromatic N) is 1. The highest BCUT2D eigenvalue weighted by Gasteiger charge is 2.27. The molecule has 0 bridgehead atoms. The fraction of sp³-hybridized carbons (Fsp3) is 1.00. The highest BCUT2D eigenvalue weighted by Crippen LogP contribution is 2.19. The Balaban J connectivity index is 2.32. The molecule has 0 aromatic heterocycles. The van der Waals surface area contributed by atoms with Crippen LogP contribution in [-0.2, 0) is 4.74 Å². The molecule has 0 unspecified atom stereocenters. The lowest BCUT2D eigenvalue weighted by Crippen LogP contribution is -2.46. The number of ether oxygens (including phenoxy) is 1. The Morgan fingerprint density at radius 1 is 1.50 bits per heavy atom. The molecule has 0 aliphatic carbocycles. The zero-order valence-electron chi connectivity index (χ0n) is 9.41. The molecule has 3 heteroatoms. The van der Waals surface area contributed by atoms with Crippen LogP contribution in [0.1, 0.15) is 26.2 Å². The van der Waals surface area contributed by atoms with Gasteiger partial charge in [-0.1, -0.05) is 13.3 Å². The van der Waals surface area contributed by atoms with Crippen LogP contribution in [0.15, 0.2) is 0 Å². The minimum Gasteiger partial charge on any atom is -0.396 e. The monoisotopic (exact) mass is 201 g/mol. The van der Waals surface area contributed by atoms with Crippen molar-refractivity contribution < 1.29 is 9.84 Å². The molecule has 2 atom stereocenters. The van der Waals surface area contributed by atoms with Crippen LogP contribution in [-0.4, -0.2) is 49.5 Å². The van der Waals surface area contributed by atoms with Gasteiger partial charge < -0.3 is 14.7 Å². The van der Waals surface area contributed by atoms with Crippen molar-refractivity contribution in [2.75, 3.05) is 33.4 Å². The first-order chi connectivity index (χ1) is 6.81. The van der Waals surface area contributed by atoms with Crippen molar-refractivity contribution in [1.29, 1.82) is 0 Å². The summed E-state index contributed by atoms with van der Waals surface area (Å²) < 4.78 is 5.40. The predicted molar refractivity (Wildman–Crippen MR) is 57.3 cm³/mol. The summed E-state index contributed by atoms with van der Waals surface area (Å²) in [5, 5.41) is 9.16. The Bertz CT molecular complexity index is 152. The lowest BCUT2D eigenvalue weighted by molar-refractivity contribution is -0.0298. The molecule has 1 aliphatic rings. The van der Waals surface area contributed by atoms with Gasteiger partial charge in [0.05, 0.1) is 6.10 Å². The topological polar surface area (TPSA) is 32.7 Å². The second-order valence-corrected chi connectivity index (χ2v) is 4.16. The maximum absolute atomic E-state index is 9.16. The lowest BCUT2D eigenvalue weighted by atomic mass is 9.94. The number of unbranched alkanes of at least 4 members (excludes halogenated alkanes) is 1. The van der Waals surface area contributed by atoms with Gasteiger partial charge in [-0.2, -0.15) is 0 Å². The number of hydrogen-bond acceptors (Lipinski definition) is 3. The summed E-state index contributed by atoms with van der Waals surface area (Å²) in [6.07, 6.45) is 3.81. The third kappa shape index (κ3) is 3.23. The number of likely N-dealkylation sites (tertiary alicyclic amines) is 1. The number of rotatable bonds is 5. The van der Waals surface area contributed by atoms with E-state index in [9.17, 15) is 0 Å². The SMILES string of the molecule is CCCCN1CC[C@H](CO)[C@H](OC)C1. The smallest absolute Gasteiger partial charge is 0.0748 e. The van der Waals surface area contributed by atoms with Crippen molar-refractivity contribution in [2.45, 2.75) is 32.3 Å². The standard InChI is InChI=1S/C11H23NO2/c1-3-4-6-12-7-5-10(9-13)11(8-12)14-2/h10-11,13H,3-9H2,1-2H3/t10-,11-/m1/s1. The van der Waals surface area contributed by atoms with Gasteiger partial charge in [0.15, 0.2) is 0 Å². The summed E-state index contributed by atoms with van der Waals surface area (Å²) in [6.45, 7) is 5.76. The van der Waals surface area contributed by atoms with Gasteiger partial charge >= 0.3 is 0 Å². The molecular weight excluding hydrogens is 178 g/mol. The van der Waals surface area contributed by atoms with Crippen LogP contribution in [0.5, 0.6) is 0 Å². The molecule has 1 saturated heterocycles. The van der Waals surface area contributed by atoms with E-state index in [1.54, 1.807) is 7.11 Å². The highest BCUT2D eigenvalue weighted by molar-refractivity contribution is 4.80. The third-order valence-corrected chi connectivity index (χ3v) is 3.15. The molecular formula is C11H23NO2. The number of hydrogen-bond donors (Lipinski definition) is 1. The summed E-state index contributed by atoms with van der Waals surface area (Å²) in [6, 6.07) is 0. The number of piperidine rings is 1. The molecule has 84 valence electrons. The van der Waals surface area contributed by atoms with Gasteiger partial charge in [-0.3, -0.25) is 0 Å². The van der Waals surface area contributed by atoms with E-state index in [-0.39, 0.29) is 12.7 Å². The van der Waals surface area contributed by atoms with Crippen molar-refractivity contribution in [3.63, 3.8) is 0 Å². The van der Waals surface area contributed by atoms with Crippen LogP contribution in [0, 0.1) is 5.92 Å². The van der Waals surface area contributed by atoms with Crippen LogP contribution in [0.3, 0.4) is 0 Å². The summed E-state index contributed by atoms with van der Waals surface area (Å²) >= 11 is 0. The zero-order valence-corrected chi connectivity index (χ0v) is 9.41. The first-order valence-electron chi connectivity index (χ1n) is 5.67. The predicted octanol–water partition coefficient (Wildman–Crippen LogP) is 1.12. The van der Waals surface area contributed by atoms with E-state index in [1.807, 2.05) is 0 Å². The fourth-order valence-electron chi connectivity index (χ4n) is 2.09. The quantitative estimate of drug-likeness (QED) is 0.723. The van der Waals surface area contributed by atoms with Crippen molar-refractivity contribution >= 4 is 0 Å². The van der Waals surface area contributed by atoms with E-state index < -0.39 is 0 Å². The van der Waals surface area contributed by atoms with Crippen molar-refractivity contribution in [3.05, 3.63) is 0 Å². The highest BCUT2D eigenvalue weighted by atomic mass is 16.5. The number of aliphatic hydroxyl groups excluding tert-OH is 1. The Morgan fingerprint density at radius 3 is 2.86 bits per heavy atom. The fourth-order valence-corrected chi connectivity index (χ4v) is 2.09. The molecule has 3 nitrogen and oxygen atoms in total. The van der Waals surface area contributed by atoms with Crippen LogP contribution >= 0.6 is 0 Å². The molecule has 1 fully saturated rings. The first-order valence-corrected chi connectivity index (χ1v) is 5.67. The third-order valence-electron chi connectivity index (χ3n) is 3.15. The molecule has 1 rings (SSSR count). The van der Waals surface area contributed by atoms with Crippen molar-refractivity contribution in [3.8, 4) is 0 Å². The average Bonchev–Trinajstić information content (AvgIpc) is 2.25. The second-order valence-electron chi connectivity index (χ2n) is 4.16. The molecule has 0 aromatic carbocycles. The molecule has 0 aromatic rings. The van der Waals surface area contributed by atoms with Gasteiger partial charge in [0.25, 0.3) is 0 Å². The lowest BCUT2D eigenvalue weighted by Gasteiger charge is -2.36. The zero-order chi connectivity index (χ0) is 10.4. The maximum atomic E-state index is 9.16. The van der Waals surface area contributed by atoms with E-state index in [1.165, 1.54) is 19.4 Å².